The number of aliphatic imine (C=N–C) groups is 1. The lowest BCUT2D eigenvalue weighted by Crippen LogP contribution is -2.38. The first-order chi connectivity index (χ1) is 4.16. The van der Waals surface area contributed by atoms with E-state index in [0.717, 1.165) is 12.8 Å². The van der Waals surface area contributed by atoms with Gasteiger partial charge in [-0.05, 0) is 19.8 Å². The molecule has 5 N–H and O–H groups in total. The molecule has 1 saturated carbocycles. The van der Waals surface area contributed by atoms with Crippen molar-refractivity contribution < 1.29 is 0 Å². The lowest BCUT2D eigenvalue weighted by atomic mass is 10.3. The van der Waals surface area contributed by atoms with Crippen LogP contribution in [0, 0.1) is 0 Å². The summed E-state index contributed by atoms with van der Waals surface area (Å²) < 4.78 is 0. The fraction of sp³-hybridized carbons (Fsp3) is 0.800. The van der Waals surface area contributed by atoms with Crippen LogP contribution in [0.15, 0.2) is 4.99 Å². The summed E-state index contributed by atoms with van der Waals surface area (Å²) in [6, 6.07) is 0. The van der Waals surface area contributed by atoms with Crippen LogP contribution in [-0.4, -0.2) is 11.5 Å². The van der Waals surface area contributed by atoms with Gasteiger partial charge < -0.3 is 5.73 Å². The van der Waals surface area contributed by atoms with Crippen molar-refractivity contribution in [3.8, 4) is 0 Å². The van der Waals surface area contributed by atoms with Crippen LogP contribution in [0.25, 0.3) is 0 Å². The number of nitrogens with one attached hydrogen (secondary N) is 1. The van der Waals surface area contributed by atoms with Crippen LogP contribution in [0.1, 0.15) is 19.8 Å². The fourth-order valence-electron chi connectivity index (χ4n) is 0.616. The van der Waals surface area contributed by atoms with E-state index in [4.69, 9.17) is 11.6 Å². The van der Waals surface area contributed by atoms with Crippen molar-refractivity contribution in [3.05, 3.63) is 0 Å². The molecule has 0 unspecified atom stereocenters. The van der Waals surface area contributed by atoms with E-state index in [9.17, 15) is 0 Å². The Morgan fingerprint density at radius 2 is 2.22 bits per heavy atom. The van der Waals surface area contributed by atoms with Crippen LogP contribution in [-0.2, 0) is 0 Å². The summed E-state index contributed by atoms with van der Waals surface area (Å²) in [6.07, 6.45) is 2.24. The summed E-state index contributed by atoms with van der Waals surface area (Å²) in [6.45, 7) is 2.05. The molecule has 0 aromatic heterocycles. The van der Waals surface area contributed by atoms with Gasteiger partial charge in [0.1, 0.15) is 0 Å². The molecule has 1 rings (SSSR count). The molecule has 0 amide bonds. The van der Waals surface area contributed by atoms with E-state index in [0.29, 0.717) is 5.96 Å². The largest absolute Gasteiger partial charge is 0.369 e. The van der Waals surface area contributed by atoms with Gasteiger partial charge in [-0.2, -0.15) is 0 Å². The Morgan fingerprint density at radius 3 is 2.56 bits per heavy atom. The second-order valence-electron chi connectivity index (χ2n) is 2.64. The molecule has 1 aliphatic carbocycles. The molecular formula is C5H12N4. The van der Waals surface area contributed by atoms with Gasteiger partial charge in [-0.1, -0.05) is 0 Å². The lowest BCUT2D eigenvalue weighted by Gasteiger charge is -2.02. The minimum absolute atomic E-state index is 0.0937. The molecular weight excluding hydrogens is 116 g/mol. The van der Waals surface area contributed by atoms with Crippen molar-refractivity contribution >= 4 is 5.96 Å². The van der Waals surface area contributed by atoms with Crippen LogP contribution in [0.4, 0.5) is 0 Å². The summed E-state index contributed by atoms with van der Waals surface area (Å²) in [5, 5.41) is 0. The van der Waals surface area contributed by atoms with E-state index in [1.165, 1.54) is 0 Å². The predicted molar refractivity (Wildman–Crippen MR) is 36.6 cm³/mol. The Morgan fingerprint density at radius 1 is 1.67 bits per heavy atom. The maximum absolute atomic E-state index is 5.31. The minimum atomic E-state index is 0.0937. The number of guanidine groups is 1. The molecule has 9 heavy (non-hydrogen) atoms. The number of rotatable bonds is 1. The Labute approximate surface area is 54.3 Å². The van der Waals surface area contributed by atoms with Crippen molar-refractivity contribution in [2.75, 3.05) is 0 Å². The van der Waals surface area contributed by atoms with Gasteiger partial charge in [-0.15, -0.1) is 0 Å². The second-order valence-corrected chi connectivity index (χ2v) is 2.64. The van der Waals surface area contributed by atoms with Gasteiger partial charge in [0.25, 0.3) is 0 Å². The van der Waals surface area contributed by atoms with Crippen molar-refractivity contribution in [3.63, 3.8) is 0 Å². The van der Waals surface area contributed by atoms with Crippen molar-refractivity contribution in [2.24, 2.45) is 16.6 Å². The van der Waals surface area contributed by atoms with Crippen LogP contribution in [0.2, 0.25) is 0 Å². The Bertz CT molecular complexity index is 136. The third-order valence-corrected chi connectivity index (χ3v) is 1.51. The van der Waals surface area contributed by atoms with E-state index >= 15 is 0 Å². The molecule has 0 heterocycles. The maximum Gasteiger partial charge on any atom is 0.203 e. The smallest absolute Gasteiger partial charge is 0.203 e. The molecule has 0 saturated heterocycles. The van der Waals surface area contributed by atoms with Crippen molar-refractivity contribution in [1.82, 2.24) is 5.43 Å². The van der Waals surface area contributed by atoms with Crippen LogP contribution >= 0.6 is 0 Å². The SMILES string of the molecule is CC1(N=C(N)NN)CC1. The van der Waals surface area contributed by atoms with Gasteiger partial charge >= 0.3 is 0 Å². The van der Waals surface area contributed by atoms with Gasteiger partial charge in [0.15, 0.2) is 0 Å². The molecule has 0 aromatic rings. The Kier molecular flexibility index (Phi) is 1.32. The molecule has 1 aliphatic rings. The molecule has 4 heteroatoms. The summed E-state index contributed by atoms with van der Waals surface area (Å²) >= 11 is 0. The molecule has 0 spiro atoms. The highest BCUT2D eigenvalue weighted by molar-refractivity contribution is 5.77. The number of nitrogens with zero attached hydrogens (tertiary/aromatic N) is 1. The van der Waals surface area contributed by atoms with Crippen LogP contribution < -0.4 is 17.0 Å². The average Bonchev–Trinajstić information content (AvgIpc) is 2.48. The first-order valence-corrected chi connectivity index (χ1v) is 2.98. The zero-order valence-electron chi connectivity index (χ0n) is 5.52. The lowest BCUT2D eigenvalue weighted by molar-refractivity contribution is 0.751. The monoisotopic (exact) mass is 128 g/mol. The van der Waals surface area contributed by atoms with E-state index in [1.807, 2.05) is 0 Å². The summed E-state index contributed by atoms with van der Waals surface area (Å²) in [5.74, 6) is 5.33. The molecule has 0 bridgehead atoms. The molecule has 0 aromatic carbocycles. The van der Waals surface area contributed by atoms with E-state index in [2.05, 4.69) is 17.3 Å². The Hall–Kier alpha value is -0.770. The standard InChI is InChI=1S/C5H12N4/c1-5(2-3-5)8-4(6)9-7/h2-3,7H2,1H3,(H3,6,8,9). The van der Waals surface area contributed by atoms with Gasteiger partial charge in [0.2, 0.25) is 5.96 Å². The molecule has 0 atom stereocenters. The van der Waals surface area contributed by atoms with Gasteiger partial charge in [-0.3, -0.25) is 5.43 Å². The van der Waals surface area contributed by atoms with Gasteiger partial charge in [-0.25, -0.2) is 10.8 Å². The van der Waals surface area contributed by atoms with E-state index < -0.39 is 0 Å². The molecule has 4 nitrogen and oxygen atoms in total. The molecule has 0 aliphatic heterocycles. The molecule has 1 fully saturated rings. The summed E-state index contributed by atoms with van der Waals surface area (Å²) in [5.41, 5.74) is 7.70. The Balaban J connectivity index is 2.46. The average molecular weight is 128 g/mol. The highest BCUT2D eigenvalue weighted by atomic mass is 15.3. The topological polar surface area (TPSA) is 76.4 Å². The zero-order chi connectivity index (χ0) is 6.91. The van der Waals surface area contributed by atoms with E-state index in [1.54, 1.807) is 0 Å². The third-order valence-electron chi connectivity index (χ3n) is 1.51. The first kappa shape index (κ1) is 6.35. The highest BCUT2D eigenvalue weighted by Crippen LogP contribution is 2.38. The quantitative estimate of drug-likeness (QED) is 0.189. The van der Waals surface area contributed by atoms with Crippen LogP contribution in [0.5, 0.6) is 0 Å². The van der Waals surface area contributed by atoms with Crippen molar-refractivity contribution in [2.45, 2.75) is 25.3 Å². The van der Waals surface area contributed by atoms with Crippen LogP contribution in [0.3, 0.4) is 0 Å². The molecule has 0 radical (unpaired) electrons. The number of hydrazine groups is 1. The maximum atomic E-state index is 5.31. The number of hydrogen-bond donors (Lipinski definition) is 3. The number of nitrogens with two attached hydrogens (primary N) is 2. The summed E-state index contributed by atoms with van der Waals surface area (Å²) in [7, 11) is 0. The fourth-order valence-corrected chi connectivity index (χ4v) is 0.616. The normalized spacial score (nSPS) is 23.6. The third kappa shape index (κ3) is 1.57. The zero-order valence-corrected chi connectivity index (χ0v) is 5.52. The predicted octanol–water partition coefficient (Wildman–Crippen LogP) is -0.683. The van der Waals surface area contributed by atoms with E-state index in [-0.39, 0.29) is 5.54 Å². The first-order valence-electron chi connectivity index (χ1n) is 2.98. The van der Waals surface area contributed by atoms with Gasteiger partial charge in [0.05, 0.1) is 5.54 Å². The second kappa shape index (κ2) is 1.88. The molecule has 52 valence electrons. The van der Waals surface area contributed by atoms with Gasteiger partial charge in [0, 0.05) is 0 Å². The number of hydrogen-bond acceptors (Lipinski definition) is 2. The van der Waals surface area contributed by atoms with Crippen molar-refractivity contribution in [1.29, 1.82) is 0 Å². The minimum Gasteiger partial charge on any atom is -0.369 e. The highest BCUT2D eigenvalue weighted by Gasteiger charge is 2.37. The summed E-state index contributed by atoms with van der Waals surface area (Å²) in [4.78, 5) is 4.10.